The van der Waals surface area contributed by atoms with Crippen molar-refractivity contribution in [2.45, 2.75) is 0 Å². The Morgan fingerprint density at radius 3 is 2.88 bits per heavy atom. The van der Waals surface area contributed by atoms with Gasteiger partial charge in [-0.15, -0.1) is 22.9 Å². The molecule has 0 aliphatic rings. The topological polar surface area (TPSA) is 30.0 Å². The number of alkyl halides is 1. The molecule has 0 amide bonds. The molecule has 2 rings (SSSR count). The van der Waals surface area contributed by atoms with Crippen molar-refractivity contribution >= 4 is 56.3 Å². The molecule has 0 fully saturated rings. The van der Waals surface area contributed by atoms with E-state index in [0.29, 0.717) is 10.7 Å². The van der Waals surface area contributed by atoms with Crippen LogP contribution in [0, 0.1) is 0 Å². The summed E-state index contributed by atoms with van der Waals surface area (Å²) in [6, 6.07) is 5.53. The van der Waals surface area contributed by atoms with E-state index < -0.39 is 0 Å². The lowest BCUT2D eigenvalue weighted by Crippen LogP contribution is -2.00. The molecule has 0 spiro atoms. The molecule has 1 aromatic heterocycles. The normalized spacial score (nSPS) is 10.5. The summed E-state index contributed by atoms with van der Waals surface area (Å²) in [5.74, 6) is -0.237. The number of carbonyl (C=O) groups excluding carboxylic acids is 1. The first-order chi connectivity index (χ1) is 8.11. The van der Waals surface area contributed by atoms with Crippen LogP contribution in [0.1, 0.15) is 10.5 Å². The quantitative estimate of drug-likeness (QED) is 0.595. The fraction of sp³-hybridized carbons (Fsp3) is 0.0909. The van der Waals surface area contributed by atoms with Crippen molar-refractivity contribution in [3.8, 4) is 10.6 Å². The number of rotatable bonds is 3. The van der Waals surface area contributed by atoms with E-state index in [0.717, 1.165) is 15.0 Å². The zero-order valence-corrected chi connectivity index (χ0v) is 12.3. The molecule has 0 aliphatic carbocycles. The molecular weight excluding hydrogens is 345 g/mol. The van der Waals surface area contributed by atoms with Crippen LogP contribution in [-0.4, -0.2) is 16.6 Å². The fourth-order valence-corrected chi connectivity index (χ4v) is 3.08. The number of thiazole rings is 1. The molecule has 0 aliphatic heterocycles. The molecule has 88 valence electrons. The van der Waals surface area contributed by atoms with E-state index in [4.69, 9.17) is 23.2 Å². The van der Waals surface area contributed by atoms with Gasteiger partial charge in [-0.3, -0.25) is 4.79 Å². The van der Waals surface area contributed by atoms with E-state index in [1.54, 1.807) is 11.4 Å². The van der Waals surface area contributed by atoms with Crippen LogP contribution in [0.3, 0.4) is 0 Å². The van der Waals surface area contributed by atoms with Gasteiger partial charge in [0.25, 0.3) is 0 Å². The van der Waals surface area contributed by atoms with Gasteiger partial charge in [-0.25, -0.2) is 4.98 Å². The molecule has 0 unspecified atom stereocenters. The Morgan fingerprint density at radius 2 is 2.24 bits per heavy atom. The van der Waals surface area contributed by atoms with Crippen molar-refractivity contribution in [1.82, 2.24) is 4.98 Å². The Labute approximate surface area is 121 Å². The number of ketones is 1. The molecule has 0 bridgehead atoms. The van der Waals surface area contributed by atoms with Crippen molar-refractivity contribution in [2.75, 3.05) is 5.88 Å². The highest BCUT2D eigenvalue weighted by molar-refractivity contribution is 9.10. The summed E-state index contributed by atoms with van der Waals surface area (Å²) in [5, 5.41) is 3.01. The van der Waals surface area contributed by atoms with Crippen molar-refractivity contribution in [3.63, 3.8) is 0 Å². The fourth-order valence-electron chi connectivity index (χ4n) is 1.26. The van der Waals surface area contributed by atoms with Gasteiger partial charge in [0.15, 0.2) is 5.78 Å². The number of hydrogen-bond donors (Lipinski definition) is 0. The Hall–Kier alpha value is -0.420. The van der Waals surface area contributed by atoms with Crippen LogP contribution >= 0.6 is 50.5 Å². The summed E-state index contributed by atoms with van der Waals surface area (Å²) in [5.41, 5.74) is 1.20. The minimum atomic E-state index is -0.178. The number of hydrogen-bond acceptors (Lipinski definition) is 3. The molecule has 0 N–H and O–H groups in total. The molecule has 2 aromatic rings. The van der Waals surface area contributed by atoms with E-state index >= 15 is 0 Å². The number of aromatic nitrogens is 1. The summed E-state index contributed by atoms with van der Waals surface area (Å²) in [6.07, 6.45) is 0. The molecular formula is C11H6BrCl2NOS. The third-order valence-corrected chi connectivity index (χ3v) is 4.00. The smallest absolute Gasteiger partial charge is 0.196 e. The van der Waals surface area contributed by atoms with Gasteiger partial charge in [0.1, 0.15) is 10.7 Å². The van der Waals surface area contributed by atoms with E-state index in [2.05, 4.69) is 20.9 Å². The molecule has 0 saturated heterocycles. The van der Waals surface area contributed by atoms with Crippen LogP contribution in [-0.2, 0) is 0 Å². The monoisotopic (exact) mass is 349 g/mol. The first-order valence-electron chi connectivity index (χ1n) is 4.62. The second-order valence-corrected chi connectivity index (χ2v) is 5.67. The van der Waals surface area contributed by atoms with E-state index in [-0.39, 0.29) is 11.7 Å². The molecule has 0 radical (unpaired) electrons. The van der Waals surface area contributed by atoms with Gasteiger partial charge >= 0.3 is 0 Å². The number of carbonyl (C=O) groups is 1. The molecule has 2 nitrogen and oxygen atoms in total. The maximum Gasteiger partial charge on any atom is 0.196 e. The van der Waals surface area contributed by atoms with E-state index in [9.17, 15) is 4.79 Å². The largest absolute Gasteiger partial charge is 0.291 e. The van der Waals surface area contributed by atoms with Gasteiger partial charge in [0, 0.05) is 15.4 Å². The Balaban J connectivity index is 2.40. The van der Waals surface area contributed by atoms with Gasteiger partial charge in [0.2, 0.25) is 0 Å². The van der Waals surface area contributed by atoms with Crippen molar-refractivity contribution < 1.29 is 4.79 Å². The first kappa shape index (κ1) is 13.0. The Bertz CT molecular complexity index is 570. The standard InChI is InChI=1S/C11H6BrCl2NOS/c12-6-1-2-7(8(14)3-6)11-15-9(5-17-11)10(16)4-13/h1-3,5H,4H2. The van der Waals surface area contributed by atoms with E-state index in [1.807, 2.05) is 12.1 Å². The van der Waals surface area contributed by atoms with Gasteiger partial charge in [-0.2, -0.15) is 0 Å². The average molecular weight is 351 g/mol. The zero-order chi connectivity index (χ0) is 12.4. The summed E-state index contributed by atoms with van der Waals surface area (Å²) < 4.78 is 0.903. The third kappa shape index (κ3) is 2.88. The second kappa shape index (κ2) is 5.48. The summed E-state index contributed by atoms with van der Waals surface area (Å²) in [4.78, 5) is 15.6. The summed E-state index contributed by atoms with van der Waals surface area (Å²) in [7, 11) is 0. The highest BCUT2D eigenvalue weighted by atomic mass is 79.9. The minimum Gasteiger partial charge on any atom is -0.291 e. The molecule has 0 atom stereocenters. The molecule has 0 saturated carbocycles. The van der Waals surface area contributed by atoms with Crippen LogP contribution in [0.15, 0.2) is 28.1 Å². The lowest BCUT2D eigenvalue weighted by atomic mass is 10.2. The first-order valence-corrected chi connectivity index (χ1v) is 7.20. The average Bonchev–Trinajstić information content (AvgIpc) is 2.77. The van der Waals surface area contributed by atoms with Gasteiger partial charge in [-0.1, -0.05) is 27.5 Å². The number of halogens is 3. The summed E-state index contributed by atoms with van der Waals surface area (Å²) >= 11 is 16.3. The SMILES string of the molecule is O=C(CCl)c1csc(-c2ccc(Br)cc2Cl)n1. The number of nitrogens with zero attached hydrogens (tertiary/aromatic N) is 1. The summed E-state index contributed by atoms with van der Waals surface area (Å²) in [6.45, 7) is 0. The highest BCUT2D eigenvalue weighted by Crippen LogP contribution is 2.32. The predicted octanol–water partition coefficient (Wildman–Crippen LogP) is 4.65. The molecule has 6 heteroatoms. The van der Waals surface area contributed by atoms with Gasteiger partial charge < -0.3 is 0 Å². The molecule has 1 heterocycles. The maximum atomic E-state index is 11.4. The predicted molar refractivity (Wildman–Crippen MR) is 75.3 cm³/mol. The van der Waals surface area contributed by atoms with Crippen LogP contribution in [0.4, 0.5) is 0 Å². The van der Waals surface area contributed by atoms with Crippen molar-refractivity contribution in [3.05, 3.63) is 38.8 Å². The van der Waals surface area contributed by atoms with Gasteiger partial charge in [0.05, 0.1) is 10.9 Å². The zero-order valence-electron chi connectivity index (χ0n) is 8.41. The van der Waals surface area contributed by atoms with Crippen LogP contribution in [0.5, 0.6) is 0 Å². The Morgan fingerprint density at radius 1 is 1.47 bits per heavy atom. The molecule has 17 heavy (non-hydrogen) atoms. The molecule has 1 aromatic carbocycles. The van der Waals surface area contributed by atoms with Crippen LogP contribution in [0.2, 0.25) is 5.02 Å². The minimum absolute atomic E-state index is 0.0583. The van der Waals surface area contributed by atoms with Crippen LogP contribution < -0.4 is 0 Å². The van der Waals surface area contributed by atoms with Gasteiger partial charge in [-0.05, 0) is 18.2 Å². The maximum absolute atomic E-state index is 11.4. The third-order valence-electron chi connectivity index (χ3n) is 2.07. The van der Waals surface area contributed by atoms with E-state index in [1.165, 1.54) is 11.3 Å². The lowest BCUT2D eigenvalue weighted by molar-refractivity contribution is 0.101. The van der Waals surface area contributed by atoms with Crippen molar-refractivity contribution in [2.24, 2.45) is 0 Å². The van der Waals surface area contributed by atoms with Crippen molar-refractivity contribution in [1.29, 1.82) is 0 Å². The number of benzene rings is 1. The lowest BCUT2D eigenvalue weighted by Gasteiger charge is -2.00. The van der Waals surface area contributed by atoms with Crippen LogP contribution in [0.25, 0.3) is 10.6 Å². The highest BCUT2D eigenvalue weighted by Gasteiger charge is 2.12. The Kier molecular flexibility index (Phi) is 4.20. The second-order valence-electron chi connectivity index (χ2n) is 3.22. The number of Topliss-reactive ketones (excluding diaryl/α,β-unsaturated/α-hetero) is 1.